The van der Waals surface area contributed by atoms with Crippen molar-refractivity contribution in [3.63, 3.8) is 0 Å². The highest BCUT2D eigenvalue weighted by Gasteiger charge is 2.29. The smallest absolute Gasteiger partial charge is 0.307 e. The van der Waals surface area contributed by atoms with Gasteiger partial charge in [-0.05, 0) is 24.0 Å². The summed E-state index contributed by atoms with van der Waals surface area (Å²) in [5, 5.41) is 11.9. The zero-order chi connectivity index (χ0) is 14.0. The summed E-state index contributed by atoms with van der Waals surface area (Å²) < 4.78 is 0. The molecule has 0 fully saturated rings. The molecule has 19 heavy (non-hydrogen) atoms. The zero-order valence-electron chi connectivity index (χ0n) is 11.2. The third kappa shape index (κ3) is 2.95. The molecule has 0 heterocycles. The van der Waals surface area contributed by atoms with Crippen LogP contribution in [0.5, 0.6) is 0 Å². The predicted octanol–water partition coefficient (Wildman–Crippen LogP) is 1.63. The van der Waals surface area contributed by atoms with Crippen molar-refractivity contribution in [2.24, 2.45) is 11.8 Å². The Balaban J connectivity index is 1.93. The maximum Gasteiger partial charge on any atom is 0.307 e. The maximum atomic E-state index is 12.0. The highest BCUT2D eigenvalue weighted by Crippen LogP contribution is 2.22. The first kappa shape index (κ1) is 13.6. The van der Waals surface area contributed by atoms with E-state index in [-0.39, 0.29) is 11.9 Å². The van der Waals surface area contributed by atoms with Crippen LogP contribution in [0.3, 0.4) is 0 Å². The maximum absolute atomic E-state index is 12.0. The van der Waals surface area contributed by atoms with Crippen molar-refractivity contribution in [2.45, 2.75) is 32.7 Å². The number of benzene rings is 1. The number of nitrogens with one attached hydrogen (secondary N) is 1. The Kier molecular flexibility index (Phi) is 3.88. The van der Waals surface area contributed by atoms with Crippen LogP contribution in [0.4, 0.5) is 0 Å². The molecule has 1 amide bonds. The fraction of sp³-hybridized carbons (Fsp3) is 0.467. The van der Waals surface area contributed by atoms with Crippen molar-refractivity contribution in [2.75, 3.05) is 0 Å². The molecule has 0 saturated carbocycles. The molecule has 4 nitrogen and oxygen atoms in total. The number of carbonyl (C=O) groups excluding carboxylic acids is 1. The molecule has 102 valence electrons. The minimum atomic E-state index is -0.933. The first-order chi connectivity index (χ1) is 8.99. The van der Waals surface area contributed by atoms with E-state index in [1.165, 1.54) is 11.1 Å². The van der Waals surface area contributed by atoms with Crippen molar-refractivity contribution in [1.29, 1.82) is 0 Å². The van der Waals surface area contributed by atoms with Gasteiger partial charge in [0.05, 0.1) is 5.92 Å². The summed E-state index contributed by atoms with van der Waals surface area (Å²) in [4.78, 5) is 22.9. The number of carbonyl (C=O) groups is 2. The van der Waals surface area contributed by atoms with Gasteiger partial charge in [-0.15, -0.1) is 0 Å². The summed E-state index contributed by atoms with van der Waals surface area (Å²) in [5.41, 5.74) is 2.54. The van der Waals surface area contributed by atoms with E-state index in [1.807, 2.05) is 12.1 Å². The van der Waals surface area contributed by atoms with Gasteiger partial charge in [0.15, 0.2) is 0 Å². The SMILES string of the molecule is CC(C(=O)O)C(C)C(=O)NC1Cc2ccccc2C1. The minimum Gasteiger partial charge on any atom is -0.481 e. The van der Waals surface area contributed by atoms with Crippen molar-refractivity contribution in [1.82, 2.24) is 5.32 Å². The number of carboxylic acids is 1. The fourth-order valence-corrected chi connectivity index (χ4v) is 2.43. The van der Waals surface area contributed by atoms with E-state index in [9.17, 15) is 9.59 Å². The largest absolute Gasteiger partial charge is 0.481 e. The van der Waals surface area contributed by atoms with Gasteiger partial charge in [-0.1, -0.05) is 38.1 Å². The minimum absolute atomic E-state index is 0.0911. The van der Waals surface area contributed by atoms with Crippen molar-refractivity contribution >= 4 is 11.9 Å². The van der Waals surface area contributed by atoms with Gasteiger partial charge in [0.2, 0.25) is 5.91 Å². The Bertz CT molecular complexity index is 473. The van der Waals surface area contributed by atoms with Crippen LogP contribution >= 0.6 is 0 Å². The lowest BCUT2D eigenvalue weighted by Gasteiger charge is -2.19. The topological polar surface area (TPSA) is 66.4 Å². The molecule has 0 bridgehead atoms. The van der Waals surface area contributed by atoms with E-state index in [2.05, 4.69) is 17.4 Å². The van der Waals surface area contributed by atoms with Gasteiger partial charge in [0.1, 0.15) is 0 Å². The van der Waals surface area contributed by atoms with Crippen LogP contribution in [-0.2, 0) is 22.4 Å². The first-order valence-corrected chi connectivity index (χ1v) is 6.59. The summed E-state index contributed by atoms with van der Waals surface area (Å²) in [7, 11) is 0. The van der Waals surface area contributed by atoms with Gasteiger partial charge >= 0.3 is 5.97 Å². The van der Waals surface area contributed by atoms with E-state index in [0.717, 1.165) is 12.8 Å². The Hall–Kier alpha value is -1.84. The van der Waals surface area contributed by atoms with Gasteiger partial charge in [-0.3, -0.25) is 9.59 Å². The zero-order valence-corrected chi connectivity index (χ0v) is 11.2. The molecule has 2 atom stereocenters. The normalized spacial score (nSPS) is 17.6. The summed E-state index contributed by atoms with van der Waals surface area (Å²) in [5.74, 6) is -2.28. The molecule has 4 heteroatoms. The highest BCUT2D eigenvalue weighted by atomic mass is 16.4. The molecule has 2 N–H and O–H groups in total. The van der Waals surface area contributed by atoms with Gasteiger partial charge in [-0.2, -0.15) is 0 Å². The average Bonchev–Trinajstić information content (AvgIpc) is 2.78. The summed E-state index contributed by atoms with van der Waals surface area (Å²) in [6.07, 6.45) is 1.66. The predicted molar refractivity (Wildman–Crippen MR) is 71.7 cm³/mol. The number of amides is 1. The molecular weight excluding hydrogens is 242 g/mol. The number of aliphatic carboxylic acids is 1. The molecule has 0 spiro atoms. The third-order valence-corrected chi connectivity index (χ3v) is 3.95. The Morgan fingerprint density at radius 1 is 1.16 bits per heavy atom. The van der Waals surface area contributed by atoms with Crippen LogP contribution in [0, 0.1) is 11.8 Å². The van der Waals surface area contributed by atoms with Crippen molar-refractivity contribution in [3.05, 3.63) is 35.4 Å². The molecule has 2 rings (SSSR count). The van der Waals surface area contributed by atoms with Crippen LogP contribution in [0.2, 0.25) is 0 Å². The number of hydrogen-bond acceptors (Lipinski definition) is 2. The lowest BCUT2D eigenvalue weighted by molar-refractivity contribution is -0.146. The number of fused-ring (bicyclic) bond motifs is 1. The standard InChI is InChI=1S/C15H19NO3/c1-9(10(2)15(18)19)14(17)16-13-7-11-5-3-4-6-12(11)8-13/h3-6,9-10,13H,7-8H2,1-2H3,(H,16,17)(H,18,19). The number of carboxylic acid groups (broad SMARTS) is 1. The fourth-order valence-electron chi connectivity index (χ4n) is 2.43. The Morgan fingerprint density at radius 3 is 2.16 bits per heavy atom. The quantitative estimate of drug-likeness (QED) is 0.865. The van der Waals surface area contributed by atoms with E-state index >= 15 is 0 Å². The van der Waals surface area contributed by atoms with Crippen LogP contribution in [0.1, 0.15) is 25.0 Å². The second kappa shape index (κ2) is 5.43. The van der Waals surface area contributed by atoms with Crippen LogP contribution in [0.15, 0.2) is 24.3 Å². The second-order valence-corrected chi connectivity index (χ2v) is 5.30. The van der Waals surface area contributed by atoms with Crippen LogP contribution in [0.25, 0.3) is 0 Å². The van der Waals surface area contributed by atoms with E-state index in [4.69, 9.17) is 5.11 Å². The monoisotopic (exact) mass is 261 g/mol. The lowest BCUT2D eigenvalue weighted by atomic mass is 9.95. The molecule has 0 saturated heterocycles. The third-order valence-electron chi connectivity index (χ3n) is 3.95. The van der Waals surface area contributed by atoms with Crippen molar-refractivity contribution < 1.29 is 14.7 Å². The highest BCUT2D eigenvalue weighted by molar-refractivity contribution is 5.84. The van der Waals surface area contributed by atoms with Gasteiger partial charge < -0.3 is 10.4 Å². The summed E-state index contributed by atoms with van der Waals surface area (Å²) >= 11 is 0. The Labute approximate surface area is 112 Å². The van der Waals surface area contributed by atoms with Gasteiger partial charge in [0, 0.05) is 12.0 Å². The van der Waals surface area contributed by atoms with Crippen LogP contribution < -0.4 is 5.32 Å². The van der Waals surface area contributed by atoms with Crippen LogP contribution in [-0.4, -0.2) is 23.0 Å². The molecule has 1 aliphatic rings. The number of hydrogen-bond donors (Lipinski definition) is 2. The first-order valence-electron chi connectivity index (χ1n) is 6.59. The van der Waals surface area contributed by atoms with Gasteiger partial charge in [-0.25, -0.2) is 0 Å². The molecule has 0 aromatic heterocycles. The second-order valence-electron chi connectivity index (χ2n) is 5.30. The molecule has 1 aliphatic carbocycles. The average molecular weight is 261 g/mol. The molecule has 1 aromatic carbocycles. The molecule has 0 aliphatic heterocycles. The van der Waals surface area contributed by atoms with Crippen molar-refractivity contribution in [3.8, 4) is 0 Å². The van der Waals surface area contributed by atoms with Gasteiger partial charge in [0.25, 0.3) is 0 Å². The molecule has 0 radical (unpaired) electrons. The Morgan fingerprint density at radius 2 is 1.68 bits per heavy atom. The molecule has 1 aromatic rings. The lowest BCUT2D eigenvalue weighted by Crippen LogP contribution is -2.41. The summed E-state index contributed by atoms with van der Waals surface area (Å²) in [6.45, 7) is 3.23. The number of rotatable bonds is 4. The van der Waals surface area contributed by atoms with E-state index < -0.39 is 17.8 Å². The molecule has 2 unspecified atom stereocenters. The van der Waals surface area contributed by atoms with E-state index in [0.29, 0.717) is 0 Å². The van der Waals surface area contributed by atoms with E-state index in [1.54, 1.807) is 13.8 Å². The molecular formula is C15H19NO3. The summed E-state index contributed by atoms with van der Waals surface area (Å²) in [6, 6.07) is 8.24.